The first kappa shape index (κ1) is 20.7. The van der Waals surface area contributed by atoms with Crippen LogP contribution in [0.2, 0.25) is 0 Å². The predicted octanol–water partition coefficient (Wildman–Crippen LogP) is 4.50. The summed E-state index contributed by atoms with van der Waals surface area (Å²) in [7, 11) is 1.58. The van der Waals surface area contributed by atoms with E-state index < -0.39 is 5.91 Å². The van der Waals surface area contributed by atoms with E-state index in [1.165, 1.54) is 6.08 Å². The second-order valence-electron chi connectivity index (χ2n) is 6.87. The zero-order valence-corrected chi connectivity index (χ0v) is 17.4. The minimum atomic E-state index is -0.489. The second kappa shape index (κ2) is 9.06. The first-order chi connectivity index (χ1) is 15.6. The average Bonchev–Trinajstić information content (AvgIpc) is 3.45. The lowest BCUT2D eigenvalue weighted by Crippen LogP contribution is -2.24. The van der Waals surface area contributed by atoms with E-state index in [9.17, 15) is 10.1 Å². The fourth-order valence-corrected chi connectivity index (χ4v) is 3.28. The highest BCUT2D eigenvalue weighted by molar-refractivity contribution is 6.02. The van der Waals surface area contributed by atoms with Crippen LogP contribution in [-0.2, 0) is 4.79 Å². The van der Waals surface area contributed by atoms with E-state index in [0.717, 1.165) is 11.1 Å². The van der Waals surface area contributed by atoms with Gasteiger partial charge in [-0.2, -0.15) is 10.4 Å². The highest BCUT2D eigenvalue weighted by Crippen LogP contribution is 2.35. The number of carbonyl (C=O) groups excluding carboxylic acids is 1. The first-order valence-corrected chi connectivity index (χ1v) is 9.87. The number of benzene rings is 2. The van der Waals surface area contributed by atoms with E-state index in [1.54, 1.807) is 24.1 Å². The average molecular weight is 424 g/mol. The topological polar surface area (TPSA) is 93.1 Å². The summed E-state index contributed by atoms with van der Waals surface area (Å²) in [6.45, 7) is 3.84. The van der Waals surface area contributed by atoms with Crippen molar-refractivity contribution in [2.45, 2.75) is 0 Å². The molecule has 0 saturated carbocycles. The number of para-hydroxylation sites is 2. The molecule has 0 aliphatic carbocycles. The zero-order chi connectivity index (χ0) is 22.5. The minimum absolute atomic E-state index is 0.0468. The van der Waals surface area contributed by atoms with Gasteiger partial charge >= 0.3 is 0 Å². The Morgan fingerprint density at radius 3 is 2.81 bits per heavy atom. The van der Waals surface area contributed by atoms with Crippen molar-refractivity contribution in [3.63, 3.8) is 0 Å². The number of fused-ring (bicyclic) bond motifs is 1. The van der Waals surface area contributed by atoms with E-state index in [2.05, 4.69) is 11.9 Å². The van der Waals surface area contributed by atoms with Crippen LogP contribution in [0.5, 0.6) is 5.75 Å². The Labute approximate surface area is 184 Å². The van der Waals surface area contributed by atoms with Crippen LogP contribution in [0.15, 0.2) is 83.4 Å². The SMILES string of the molecule is C=CCNC(=O)/C(C#N)=C\c1cn(-c2ccccc2)nc1-c1cc2cccc(OC)c2o1. The Morgan fingerprint density at radius 1 is 1.28 bits per heavy atom. The monoisotopic (exact) mass is 424 g/mol. The molecule has 0 saturated heterocycles. The highest BCUT2D eigenvalue weighted by atomic mass is 16.5. The van der Waals surface area contributed by atoms with Crippen molar-refractivity contribution in [1.29, 1.82) is 5.26 Å². The Kier molecular flexibility index (Phi) is 5.86. The molecule has 0 spiro atoms. The summed E-state index contributed by atoms with van der Waals surface area (Å²) in [6, 6.07) is 19.0. The maximum absolute atomic E-state index is 12.4. The van der Waals surface area contributed by atoms with Crippen molar-refractivity contribution < 1.29 is 13.9 Å². The zero-order valence-electron chi connectivity index (χ0n) is 17.4. The smallest absolute Gasteiger partial charge is 0.262 e. The van der Waals surface area contributed by atoms with Gasteiger partial charge in [-0.1, -0.05) is 36.4 Å². The summed E-state index contributed by atoms with van der Waals surface area (Å²) in [5, 5.41) is 17.7. The van der Waals surface area contributed by atoms with Crippen LogP contribution in [0, 0.1) is 11.3 Å². The van der Waals surface area contributed by atoms with Crippen molar-refractivity contribution >= 4 is 23.0 Å². The highest BCUT2D eigenvalue weighted by Gasteiger charge is 2.19. The first-order valence-electron chi connectivity index (χ1n) is 9.87. The van der Waals surface area contributed by atoms with E-state index in [1.807, 2.05) is 60.7 Å². The summed E-state index contributed by atoms with van der Waals surface area (Å²) in [6.07, 6.45) is 4.81. The number of carbonyl (C=O) groups is 1. The fourth-order valence-electron chi connectivity index (χ4n) is 3.28. The van der Waals surface area contributed by atoms with Gasteiger partial charge in [0, 0.05) is 23.7 Å². The van der Waals surface area contributed by atoms with Crippen molar-refractivity contribution in [3.05, 3.63) is 84.6 Å². The molecule has 0 aliphatic rings. The maximum Gasteiger partial charge on any atom is 0.262 e. The van der Waals surface area contributed by atoms with Gasteiger partial charge in [-0.25, -0.2) is 4.68 Å². The molecule has 0 bridgehead atoms. The van der Waals surface area contributed by atoms with Crippen molar-refractivity contribution in [2.75, 3.05) is 13.7 Å². The summed E-state index contributed by atoms with van der Waals surface area (Å²) in [5.41, 5.74) is 2.44. The van der Waals surface area contributed by atoms with Crippen LogP contribution in [0.1, 0.15) is 5.56 Å². The number of nitrogens with zero attached hydrogens (tertiary/aromatic N) is 3. The summed E-state index contributed by atoms with van der Waals surface area (Å²) < 4.78 is 13.2. The number of nitriles is 1. The molecular weight excluding hydrogens is 404 g/mol. The number of nitrogens with one attached hydrogen (secondary N) is 1. The molecule has 0 fully saturated rings. The van der Waals surface area contributed by atoms with Gasteiger partial charge in [0.2, 0.25) is 0 Å². The molecule has 0 aliphatic heterocycles. The molecule has 2 heterocycles. The van der Waals surface area contributed by atoms with Gasteiger partial charge < -0.3 is 14.5 Å². The molecule has 2 aromatic carbocycles. The summed E-state index contributed by atoms with van der Waals surface area (Å²) in [4.78, 5) is 12.4. The van der Waals surface area contributed by atoms with Crippen molar-refractivity contribution in [2.24, 2.45) is 0 Å². The van der Waals surface area contributed by atoms with Crippen LogP contribution in [0.4, 0.5) is 0 Å². The number of hydrogen-bond acceptors (Lipinski definition) is 5. The molecule has 0 unspecified atom stereocenters. The number of furan rings is 1. The third kappa shape index (κ3) is 4.02. The van der Waals surface area contributed by atoms with Crippen LogP contribution in [-0.4, -0.2) is 29.3 Å². The Bertz CT molecular complexity index is 1360. The van der Waals surface area contributed by atoms with Crippen molar-refractivity contribution in [3.8, 4) is 29.0 Å². The van der Waals surface area contributed by atoms with Gasteiger partial charge in [0.1, 0.15) is 17.3 Å². The van der Waals surface area contributed by atoms with Gasteiger partial charge in [0.15, 0.2) is 17.1 Å². The molecule has 32 heavy (non-hydrogen) atoms. The van der Waals surface area contributed by atoms with Gasteiger partial charge in [-0.3, -0.25) is 4.79 Å². The van der Waals surface area contributed by atoms with E-state index >= 15 is 0 Å². The fraction of sp³-hybridized carbons (Fsp3) is 0.0800. The van der Waals surface area contributed by atoms with E-state index in [-0.39, 0.29) is 12.1 Å². The molecule has 1 amide bonds. The molecule has 158 valence electrons. The molecule has 7 heteroatoms. The maximum atomic E-state index is 12.4. The Hall–Kier alpha value is -4.57. The number of aromatic nitrogens is 2. The lowest BCUT2D eigenvalue weighted by molar-refractivity contribution is -0.116. The lowest BCUT2D eigenvalue weighted by atomic mass is 10.1. The minimum Gasteiger partial charge on any atom is -0.493 e. The van der Waals surface area contributed by atoms with Crippen molar-refractivity contribution in [1.82, 2.24) is 15.1 Å². The molecule has 1 N–H and O–H groups in total. The van der Waals surface area contributed by atoms with Gasteiger partial charge in [0.05, 0.1) is 12.8 Å². The van der Waals surface area contributed by atoms with Crippen LogP contribution < -0.4 is 10.1 Å². The largest absolute Gasteiger partial charge is 0.493 e. The number of rotatable bonds is 7. The van der Waals surface area contributed by atoms with Gasteiger partial charge in [-0.05, 0) is 30.3 Å². The summed E-state index contributed by atoms with van der Waals surface area (Å²) in [5.74, 6) is 0.612. The molecular formula is C25H20N4O3. The van der Waals surface area contributed by atoms with Crippen LogP contribution in [0.3, 0.4) is 0 Å². The molecule has 0 radical (unpaired) electrons. The van der Waals surface area contributed by atoms with Crippen LogP contribution >= 0.6 is 0 Å². The van der Waals surface area contributed by atoms with Gasteiger partial charge in [0.25, 0.3) is 5.91 Å². The Morgan fingerprint density at radius 2 is 2.09 bits per heavy atom. The standard InChI is InChI=1S/C25H20N4O3/c1-3-12-27-25(30)18(15-26)13-19-16-29(20-9-5-4-6-10-20)28-23(19)22-14-17-8-7-11-21(31-2)24(17)32-22/h3-11,13-14,16H,1,12H2,2H3,(H,27,30)/b18-13-. The molecule has 4 rings (SSSR count). The van der Waals surface area contributed by atoms with Gasteiger partial charge in [-0.15, -0.1) is 6.58 Å². The van der Waals surface area contributed by atoms with Crippen LogP contribution in [0.25, 0.3) is 34.2 Å². The molecule has 0 atom stereocenters. The molecule has 2 aromatic heterocycles. The third-order valence-corrected chi connectivity index (χ3v) is 4.80. The number of ether oxygens (including phenoxy) is 1. The number of hydrogen-bond donors (Lipinski definition) is 1. The molecule has 4 aromatic rings. The second-order valence-corrected chi connectivity index (χ2v) is 6.87. The van der Waals surface area contributed by atoms with E-state index in [0.29, 0.717) is 28.4 Å². The molecule has 7 nitrogen and oxygen atoms in total. The van der Waals surface area contributed by atoms with E-state index in [4.69, 9.17) is 14.3 Å². The predicted molar refractivity (Wildman–Crippen MR) is 122 cm³/mol. The summed E-state index contributed by atoms with van der Waals surface area (Å²) >= 11 is 0. The normalized spacial score (nSPS) is 11.2. The third-order valence-electron chi connectivity index (χ3n) is 4.80. The number of amides is 1. The lowest BCUT2D eigenvalue weighted by Gasteiger charge is -2.00. The number of methoxy groups -OCH3 is 1. The Balaban J connectivity index is 1.87. The quantitative estimate of drug-likeness (QED) is 0.268.